The molecule has 0 atom stereocenters. The van der Waals surface area contributed by atoms with E-state index in [1.54, 1.807) is 17.1 Å². The van der Waals surface area contributed by atoms with E-state index in [9.17, 15) is 4.79 Å². The molecule has 0 unspecified atom stereocenters. The number of carbonyl (C=O) groups is 1. The summed E-state index contributed by atoms with van der Waals surface area (Å²) in [5.74, 6) is 0.352. The van der Waals surface area contributed by atoms with Crippen molar-refractivity contribution in [1.29, 1.82) is 0 Å². The molecule has 0 spiro atoms. The topological polar surface area (TPSA) is 69.0 Å². The lowest BCUT2D eigenvalue weighted by atomic mass is 10.2. The summed E-state index contributed by atoms with van der Waals surface area (Å²) in [4.78, 5) is 16.1. The molecule has 1 amide bonds. The maximum Gasteiger partial charge on any atom is 0.237 e. The maximum absolute atomic E-state index is 12.0. The zero-order valence-electron chi connectivity index (χ0n) is 11.9. The number of aromatic nitrogens is 3. The number of hydrogen-bond acceptors (Lipinski definition) is 4. The standard InChI is InChI=1S/C14H18N4O2/c1-10-6-12(14(20-3)15-7-10)17-13(19)5-4-11-8-16-18(2)9-11/h6-9H,4-5H2,1-3H3,(H,17,19). The first-order chi connectivity index (χ1) is 9.58. The van der Waals surface area contributed by atoms with Gasteiger partial charge in [0.15, 0.2) is 0 Å². The molecule has 0 saturated carbocycles. The van der Waals surface area contributed by atoms with E-state index in [1.807, 2.05) is 26.2 Å². The molecule has 6 nitrogen and oxygen atoms in total. The zero-order chi connectivity index (χ0) is 14.5. The Morgan fingerprint density at radius 3 is 2.90 bits per heavy atom. The lowest BCUT2D eigenvalue weighted by Gasteiger charge is -2.09. The molecule has 0 bridgehead atoms. The summed E-state index contributed by atoms with van der Waals surface area (Å²) in [7, 11) is 3.38. The molecule has 0 aliphatic carbocycles. The van der Waals surface area contributed by atoms with Gasteiger partial charge in [-0.3, -0.25) is 9.48 Å². The van der Waals surface area contributed by atoms with Crippen molar-refractivity contribution in [2.24, 2.45) is 7.05 Å². The SMILES string of the molecule is COc1ncc(C)cc1NC(=O)CCc1cnn(C)c1. The first kappa shape index (κ1) is 14.0. The summed E-state index contributed by atoms with van der Waals surface area (Å²) in [6.07, 6.45) is 6.41. The van der Waals surface area contributed by atoms with Crippen LogP contribution >= 0.6 is 0 Å². The van der Waals surface area contributed by atoms with Crippen LogP contribution in [-0.4, -0.2) is 27.8 Å². The van der Waals surface area contributed by atoms with Gasteiger partial charge in [0.05, 0.1) is 13.3 Å². The van der Waals surface area contributed by atoms with Crippen LogP contribution in [-0.2, 0) is 18.3 Å². The van der Waals surface area contributed by atoms with Crippen LogP contribution in [0.5, 0.6) is 5.88 Å². The fraction of sp³-hybridized carbons (Fsp3) is 0.357. The summed E-state index contributed by atoms with van der Waals surface area (Å²) in [6, 6.07) is 1.84. The van der Waals surface area contributed by atoms with Gasteiger partial charge in [-0.25, -0.2) is 4.98 Å². The zero-order valence-corrected chi connectivity index (χ0v) is 11.9. The number of hydrogen-bond donors (Lipinski definition) is 1. The van der Waals surface area contributed by atoms with E-state index in [0.717, 1.165) is 11.1 Å². The largest absolute Gasteiger partial charge is 0.480 e. The first-order valence-electron chi connectivity index (χ1n) is 6.36. The molecule has 0 radical (unpaired) electrons. The molecule has 0 aromatic carbocycles. The minimum atomic E-state index is -0.0699. The van der Waals surface area contributed by atoms with Gasteiger partial charge in [-0.2, -0.15) is 5.10 Å². The third-order valence-corrected chi connectivity index (χ3v) is 2.85. The Morgan fingerprint density at radius 2 is 2.25 bits per heavy atom. The minimum Gasteiger partial charge on any atom is -0.480 e. The van der Waals surface area contributed by atoms with Crippen LogP contribution in [0.2, 0.25) is 0 Å². The molecule has 0 aliphatic rings. The van der Waals surface area contributed by atoms with E-state index in [4.69, 9.17) is 4.74 Å². The number of carbonyl (C=O) groups excluding carboxylic acids is 1. The van der Waals surface area contributed by atoms with Crippen LogP contribution in [0.15, 0.2) is 24.7 Å². The molecule has 2 heterocycles. The monoisotopic (exact) mass is 274 g/mol. The summed E-state index contributed by atoms with van der Waals surface area (Å²) in [5, 5.41) is 6.90. The number of aryl methyl sites for hydroxylation is 3. The summed E-state index contributed by atoms with van der Waals surface area (Å²) in [6.45, 7) is 1.91. The summed E-state index contributed by atoms with van der Waals surface area (Å²) in [5.41, 5.74) is 2.61. The average molecular weight is 274 g/mol. The maximum atomic E-state index is 12.0. The number of nitrogens with zero attached hydrogens (tertiary/aromatic N) is 3. The lowest BCUT2D eigenvalue weighted by Crippen LogP contribution is -2.13. The fourth-order valence-corrected chi connectivity index (χ4v) is 1.88. The van der Waals surface area contributed by atoms with Gasteiger partial charge in [0, 0.05) is 25.9 Å². The van der Waals surface area contributed by atoms with Crippen LogP contribution < -0.4 is 10.1 Å². The summed E-state index contributed by atoms with van der Waals surface area (Å²) >= 11 is 0. The molecule has 106 valence electrons. The number of ether oxygens (including phenoxy) is 1. The lowest BCUT2D eigenvalue weighted by molar-refractivity contribution is -0.116. The Balaban J connectivity index is 1.96. The summed E-state index contributed by atoms with van der Waals surface area (Å²) < 4.78 is 6.85. The van der Waals surface area contributed by atoms with E-state index in [-0.39, 0.29) is 5.91 Å². The van der Waals surface area contributed by atoms with Gasteiger partial charge in [0.2, 0.25) is 11.8 Å². The van der Waals surface area contributed by atoms with Crippen molar-refractivity contribution in [3.63, 3.8) is 0 Å². The van der Waals surface area contributed by atoms with Crippen molar-refractivity contribution < 1.29 is 9.53 Å². The van der Waals surface area contributed by atoms with Crippen LogP contribution in [0.1, 0.15) is 17.5 Å². The quantitative estimate of drug-likeness (QED) is 0.901. The third-order valence-electron chi connectivity index (χ3n) is 2.85. The van der Waals surface area contributed by atoms with E-state index >= 15 is 0 Å². The van der Waals surface area contributed by atoms with E-state index in [1.165, 1.54) is 7.11 Å². The molecule has 20 heavy (non-hydrogen) atoms. The molecular weight excluding hydrogens is 256 g/mol. The number of pyridine rings is 1. The number of anilines is 1. The minimum absolute atomic E-state index is 0.0699. The molecule has 2 rings (SSSR count). The smallest absolute Gasteiger partial charge is 0.237 e. The van der Waals surface area contributed by atoms with Crippen molar-refractivity contribution in [1.82, 2.24) is 14.8 Å². The van der Waals surface area contributed by atoms with Crippen molar-refractivity contribution in [3.05, 3.63) is 35.8 Å². The Labute approximate surface area is 117 Å². The molecule has 6 heteroatoms. The predicted octanol–water partition coefficient (Wildman–Crippen LogP) is 1.70. The van der Waals surface area contributed by atoms with Crippen LogP contribution in [0, 0.1) is 6.92 Å². The van der Waals surface area contributed by atoms with E-state index < -0.39 is 0 Å². The fourth-order valence-electron chi connectivity index (χ4n) is 1.88. The molecule has 1 N–H and O–H groups in total. The molecule has 0 aliphatic heterocycles. The van der Waals surface area contributed by atoms with Crippen LogP contribution in [0.4, 0.5) is 5.69 Å². The van der Waals surface area contributed by atoms with Crippen molar-refractivity contribution in [2.45, 2.75) is 19.8 Å². The van der Waals surface area contributed by atoms with Gasteiger partial charge < -0.3 is 10.1 Å². The van der Waals surface area contributed by atoms with Gasteiger partial charge in [-0.05, 0) is 30.5 Å². The first-order valence-corrected chi connectivity index (χ1v) is 6.36. The second-order valence-electron chi connectivity index (χ2n) is 4.64. The molecule has 0 saturated heterocycles. The van der Waals surface area contributed by atoms with Crippen molar-refractivity contribution in [2.75, 3.05) is 12.4 Å². The number of nitrogens with one attached hydrogen (secondary N) is 1. The highest BCUT2D eigenvalue weighted by Gasteiger charge is 2.09. The van der Waals surface area contributed by atoms with Gasteiger partial charge >= 0.3 is 0 Å². The van der Waals surface area contributed by atoms with Gasteiger partial charge in [0.25, 0.3) is 0 Å². The second kappa shape index (κ2) is 6.18. The third kappa shape index (κ3) is 3.57. The average Bonchev–Trinajstić information content (AvgIpc) is 2.83. The van der Waals surface area contributed by atoms with E-state index in [2.05, 4.69) is 15.4 Å². The van der Waals surface area contributed by atoms with Gasteiger partial charge in [-0.1, -0.05) is 0 Å². The van der Waals surface area contributed by atoms with E-state index in [0.29, 0.717) is 24.4 Å². The Bertz CT molecular complexity index is 607. The number of rotatable bonds is 5. The molecule has 0 fully saturated rings. The number of methoxy groups -OCH3 is 1. The second-order valence-corrected chi connectivity index (χ2v) is 4.64. The highest BCUT2D eigenvalue weighted by Crippen LogP contribution is 2.22. The molecule has 2 aromatic heterocycles. The van der Waals surface area contributed by atoms with Crippen LogP contribution in [0.25, 0.3) is 0 Å². The van der Waals surface area contributed by atoms with Crippen LogP contribution in [0.3, 0.4) is 0 Å². The Kier molecular flexibility index (Phi) is 4.34. The highest BCUT2D eigenvalue weighted by molar-refractivity contribution is 5.92. The Morgan fingerprint density at radius 1 is 1.45 bits per heavy atom. The molecular formula is C14H18N4O2. The van der Waals surface area contributed by atoms with Gasteiger partial charge in [-0.15, -0.1) is 0 Å². The Hall–Kier alpha value is -2.37. The normalized spacial score (nSPS) is 10.3. The number of amides is 1. The predicted molar refractivity (Wildman–Crippen MR) is 75.7 cm³/mol. The molecule has 2 aromatic rings. The van der Waals surface area contributed by atoms with Crippen molar-refractivity contribution >= 4 is 11.6 Å². The van der Waals surface area contributed by atoms with Crippen molar-refractivity contribution in [3.8, 4) is 5.88 Å². The highest BCUT2D eigenvalue weighted by atomic mass is 16.5. The van der Waals surface area contributed by atoms with Gasteiger partial charge in [0.1, 0.15) is 5.69 Å².